The minimum Gasteiger partial charge on any atom is -0.495 e. The molecule has 17 heavy (non-hydrogen) atoms. The Kier molecular flexibility index (Phi) is 4.33. The van der Waals surface area contributed by atoms with Crippen LogP contribution in [0.3, 0.4) is 0 Å². The van der Waals surface area contributed by atoms with E-state index in [0.29, 0.717) is 5.75 Å². The molecule has 0 aliphatic heterocycles. The van der Waals surface area contributed by atoms with E-state index in [1.165, 1.54) is 25.3 Å². The minimum atomic E-state index is -3.66. The lowest BCUT2D eigenvalue weighted by Gasteiger charge is -2.12. The van der Waals surface area contributed by atoms with Gasteiger partial charge in [0.25, 0.3) is 0 Å². The van der Waals surface area contributed by atoms with Crippen molar-refractivity contribution >= 4 is 15.7 Å². The van der Waals surface area contributed by atoms with Gasteiger partial charge in [-0.1, -0.05) is 0 Å². The van der Waals surface area contributed by atoms with Gasteiger partial charge in [-0.3, -0.25) is 0 Å². The Balaban J connectivity index is 3.04. The zero-order valence-electron chi connectivity index (χ0n) is 9.67. The molecule has 1 rings (SSSR count). The van der Waals surface area contributed by atoms with Crippen LogP contribution in [0.4, 0.5) is 5.69 Å². The molecule has 0 aliphatic carbocycles. The van der Waals surface area contributed by atoms with Crippen LogP contribution in [0, 0.1) is 0 Å². The molecule has 0 fully saturated rings. The Morgan fingerprint density at radius 2 is 2.18 bits per heavy atom. The van der Waals surface area contributed by atoms with Crippen LogP contribution >= 0.6 is 0 Å². The fourth-order valence-corrected chi connectivity index (χ4v) is 2.52. The number of sulfonamides is 1. The van der Waals surface area contributed by atoms with E-state index in [2.05, 4.69) is 4.72 Å². The first kappa shape index (κ1) is 13.8. The summed E-state index contributed by atoms with van der Waals surface area (Å²) < 4.78 is 30.9. The van der Waals surface area contributed by atoms with Gasteiger partial charge in [0.2, 0.25) is 10.0 Å². The highest BCUT2D eigenvalue weighted by atomic mass is 32.2. The third-order valence-electron chi connectivity index (χ3n) is 2.14. The first-order chi connectivity index (χ1) is 7.90. The van der Waals surface area contributed by atoms with Crippen molar-refractivity contribution in [2.24, 2.45) is 0 Å². The van der Waals surface area contributed by atoms with Gasteiger partial charge in [-0.15, -0.1) is 0 Å². The van der Waals surface area contributed by atoms with Gasteiger partial charge < -0.3 is 15.6 Å². The molecule has 0 aromatic heterocycles. The highest BCUT2D eigenvalue weighted by molar-refractivity contribution is 7.89. The van der Waals surface area contributed by atoms with E-state index in [9.17, 15) is 8.42 Å². The van der Waals surface area contributed by atoms with Crippen LogP contribution in [0.5, 0.6) is 5.75 Å². The van der Waals surface area contributed by atoms with Gasteiger partial charge in [0.1, 0.15) is 5.75 Å². The molecular weight excluding hydrogens is 244 g/mol. The molecule has 0 radical (unpaired) electrons. The normalized spacial score (nSPS) is 13.4. The second kappa shape index (κ2) is 5.35. The van der Waals surface area contributed by atoms with Crippen molar-refractivity contribution in [3.8, 4) is 5.75 Å². The number of hydrogen-bond donors (Lipinski definition) is 3. The summed E-state index contributed by atoms with van der Waals surface area (Å²) in [6.07, 6.45) is 0. The molecule has 0 spiro atoms. The average molecular weight is 260 g/mol. The number of rotatable bonds is 5. The summed E-state index contributed by atoms with van der Waals surface area (Å²) in [5.74, 6) is 0.416. The molecule has 4 N–H and O–H groups in total. The molecule has 96 valence electrons. The molecule has 0 heterocycles. The standard InChI is InChI=1S/C10H16N2O4S/c1-7(6-13)12-17(14,15)8-3-4-10(16-2)9(11)5-8/h3-5,7,12-13H,6,11H2,1-2H3. The second-order valence-electron chi connectivity index (χ2n) is 3.61. The Morgan fingerprint density at radius 1 is 1.53 bits per heavy atom. The van der Waals surface area contributed by atoms with E-state index in [4.69, 9.17) is 15.6 Å². The quantitative estimate of drug-likeness (QED) is 0.644. The van der Waals surface area contributed by atoms with E-state index in [1.54, 1.807) is 6.92 Å². The summed E-state index contributed by atoms with van der Waals surface area (Å²) in [7, 11) is -2.21. The van der Waals surface area contributed by atoms with E-state index < -0.39 is 16.1 Å². The molecule has 1 aromatic carbocycles. The average Bonchev–Trinajstić information content (AvgIpc) is 2.28. The first-order valence-corrected chi connectivity index (χ1v) is 6.45. The molecule has 0 amide bonds. The summed E-state index contributed by atoms with van der Waals surface area (Å²) in [5, 5.41) is 8.81. The number of ether oxygens (including phenoxy) is 1. The number of nitrogens with two attached hydrogens (primary N) is 1. The fourth-order valence-electron chi connectivity index (χ4n) is 1.25. The number of benzene rings is 1. The third kappa shape index (κ3) is 3.32. The number of nitrogen functional groups attached to an aromatic ring is 1. The summed E-state index contributed by atoms with van der Waals surface area (Å²) in [6.45, 7) is 1.29. The topological polar surface area (TPSA) is 102 Å². The zero-order chi connectivity index (χ0) is 13.1. The highest BCUT2D eigenvalue weighted by Crippen LogP contribution is 2.24. The number of aliphatic hydroxyl groups is 1. The zero-order valence-corrected chi connectivity index (χ0v) is 10.5. The van der Waals surface area contributed by atoms with Gasteiger partial charge in [0, 0.05) is 6.04 Å². The first-order valence-electron chi connectivity index (χ1n) is 4.97. The lowest BCUT2D eigenvalue weighted by molar-refractivity contribution is 0.265. The van der Waals surface area contributed by atoms with Crippen LogP contribution in [0.15, 0.2) is 23.1 Å². The molecule has 1 atom stereocenters. The van der Waals surface area contributed by atoms with Crippen LogP contribution < -0.4 is 15.2 Å². The van der Waals surface area contributed by atoms with Gasteiger partial charge in [0.05, 0.1) is 24.3 Å². The van der Waals surface area contributed by atoms with Crippen LogP contribution in [0.1, 0.15) is 6.92 Å². The monoisotopic (exact) mass is 260 g/mol. The SMILES string of the molecule is COc1ccc(S(=O)(=O)NC(C)CO)cc1N. The van der Waals surface area contributed by atoms with E-state index in [0.717, 1.165) is 0 Å². The second-order valence-corrected chi connectivity index (χ2v) is 5.32. The predicted octanol–water partition coefficient (Wildman–Crippen LogP) is -0.0635. The predicted molar refractivity (Wildman–Crippen MR) is 64.3 cm³/mol. The maximum Gasteiger partial charge on any atom is 0.240 e. The number of aliphatic hydroxyl groups excluding tert-OH is 1. The van der Waals surface area contributed by atoms with Crippen molar-refractivity contribution in [2.75, 3.05) is 19.5 Å². The summed E-state index contributed by atoms with van der Waals surface area (Å²) in [4.78, 5) is 0.0381. The lowest BCUT2D eigenvalue weighted by Crippen LogP contribution is -2.35. The van der Waals surface area contributed by atoms with Crippen LogP contribution in [0.25, 0.3) is 0 Å². The van der Waals surface area contributed by atoms with Crippen LogP contribution in [-0.2, 0) is 10.0 Å². The molecule has 6 nitrogen and oxygen atoms in total. The Morgan fingerprint density at radius 3 is 2.65 bits per heavy atom. The lowest BCUT2D eigenvalue weighted by atomic mass is 10.3. The fraction of sp³-hybridized carbons (Fsp3) is 0.400. The molecular formula is C10H16N2O4S. The van der Waals surface area contributed by atoms with Gasteiger partial charge >= 0.3 is 0 Å². The number of anilines is 1. The maximum absolute atomic E-state index is 11.8. The van der Waals surface area contributed by atoms with Crippen LogP contribution in [-0.4, -0.2) is 33.3 Å². The third-order valence-corrected chi connectivity index (χ3v) is 3.73. The number of methoxy groups -OCH3 is 1. The Hall–Kier alpha value is -1.31. The molecule has 7 heteroatoms. The summed E-state index contributed by atoms with van der Waals surface area (Å²) in [6, 6.07) is 3.63. The summed E-state index contributed by atoms with van der Waals surface area (Å²) in [5.41, 5.74) is 5.87. The smallest absolute Gasteiger partial charge is 0.240 e. The van der Waals surface area contributed by atoms with Crippen molar-refractivity contribution in [1.82, 2.24) is 4.72 Å². The van der Waals surface area contributed by atoms with Crippen molar-refractivity contribution in [3.05, 3.63) is 18.2 Å². The van der Waals surface area contributed by atoms with Crippen molar-refractivity contribution < 1.29 is 18.3 Å². The molecule has 0 aliphatic rings. The molecule has 0 saturated carbocycles. The molecule has 1 unspecified atom stereocenters. The van der Waals surface area contributed by atoms with E-state index >= 15 is 0 Å². The highest BCUT2D eigenvalue weighted by Gasteiger charge is 2.17. The van der Waals surface area contributed by atoms with Gasteiger partial charge in [-0.05, 0) is 25.1 Å². The van der Waals surface area contributed by atoms with Gasteiger partial charge in [-0.25, -0.2) is 13.1 Å². The molecule has 0 bridgehead atoms. The minimum absolute atomic E-state index is 0.0381. The van der Waals surface area contributed by atoms with Gasteiger partial charge in [0.15, 0.2) is 0 Å². The van der Waals surface area contributed by atoms with Crippen molar-refractivity contribution in [3.63, 3.8) is 0 Å². The Labute approximate surface area is 100 Å². The molecule has 1 aromatic rings. The van der Waals surface area contributed by atoms with Crippen LogP contribution in [0.2, 0.25) is 0 Å². The van der Waals surface area contributed by atoms with E-state index in [1.807, 2.05) is 0 Å². The summed E-state index contributed by atoms with van der Waals surface area (Å²) >= 11 is 0. The van der Waals surface area contributed by atoms with Crippen molar-refractivity contribution in [1.29, 1.82) is 0 Å². The maximum atomic E-state index is 11.8. The number of hydrogen-bond acceptors (Lipinski definition) is 5. The van der Waals surface area contributed by atoms with Gasteiger partial charge in [-0.2, -0.15) is 0 Å². The number of nitrogens with one attached hydrogen (secondary N) is 1. The Bertz CT molecular complexity index is 487. The van der Waals surface area contributed by atoms with Crippen molar-refractivity contribution in [2.45, 2.75) is 17.9 Å². The molecule has 0 saturated heterocycles. The largest absolute Gasteiger partial charge is 0.495 e. The van der Waals surface area contributed by atoms with E-state index in [-0.39, 0.29) is 17.2 Å².